The van der Waals surface area contributed by atoms with Crippen molar-refractivity contribution >= 4 is 0 Å². The number of nitrogens with zero attached hydrogens (tertiary/aromatic N) is 1. The van der Waals surface area contributed by atoms with Gasteiger partial charge in [-0.2, -0.15) is 0 Å². The summed E-state index contributed by atoms with van der Waals surface area (Å²) in [5.74, 6) is 0.927. The lowest BCUT2D eigenvalue weighted by Crippen LogP contribution is -2.15. The number of aromatic nitrogens is 1. The Bertz CT molecular complexity index is 453. The molecule has 1 aromatic carbocycles. The highest BCUT2D eigenvalue weighted by Crippen LogP contribution is 2.28. The summed E-state index contributed by atoms with van der Waals surface area (Å²) in [5.41, 5.74) is 8.58. The maximum absolute atomic E-state index is 5.91. The highest BCUT2D eigenvalue weighted by atomic mass is 14.6. The summed E-state index contributed by atoms with van der Waals surface area (Å²) in [7, 11) is 0. The van der Waals surface area contributed by atoms with Gasteiger partial charge >= 0.3 is 0 Å². The van der Waals surface area contributed by atoms with Crippen LogP contribution in [0.2, 0.25) is 0 Å². The van der Waals surface area contributed by atoms with Crippen LogP contribution in [0.4, 0.5) is 0 Å². The zero-order valence-electron chi connectivity index (χ0n) is 10.8. The minimum absolute atomic E-state index is 0.406. The zero-order chi connectivity index (χ0) is 12.8. The second-order valence-electron chi connectivity index (χ2n) is 4.76. The second-order valence-corrected chi connectivity index (χ2v) is 4.76. The van der Waals surface area contributed by atoms with E-state index in [-0.39, 0.29) is 0 Å². The summed E-state index contributed by atoms with van der Waals surface area (Å²) >= 11 is 0. The number of rotatable bonds is 5. The van der Waals surface area contributed by atoms with Crippen molar-refractivity contribution in [3.8, 4) is 0 Å². The molecule has 2 nitrogen and oxygen atoms in total. The van der Waals surface area contributed by atoms with Crippen molar-refractivity contribution in [1.29, 1.82) is 0 Å². The van der Waals surface area contributed by atoms with Crippen molar-refractivity contribution in [3.05, 3.63) is 66.0 Å². The average molecular weight is 240 g/mol. The van der Waals surface area contributed by atoms with Crippen LogP contribution in [0.3, 0.4) is 0 Å². The standard InChI is InChI=1S/C16H20N2/c1-13(14-5-3-2-4-6-14)11-16(12-17)15-7-9-18-10-8-15/h2-10,13,16H,11-12,17H2,1H3. The molecule has 94 valence electrons. The van der Waals surface area contributed by atoms with Crippen LogP contribution in [0.1, 0.15) is 36.3 Å². The van der Waals surface area contributed by atoms with Crippen molar-refractivity contribution in [2.75, 3.05) is 6.54 Å². The van der Waals surface area contributed by atoms with Crippen LogP contribution in [0.15, 0.2) is 54.9 Å². The summed E-state index contributed by atoms with van der Waals surface area (Å²) in [6.07, 6.45) is 4.75. The van der Waals surface area contributed by atoms with Crippen LogP contribution in [0, 0.1) is 0 Å². The topological polar surface area (TPSA) is 38.9 Å². The molecule has 2 N–H and O–H groups in total. The zero-order valence-corrected chi connectivity index (χ0v) is 10.8. The van der Waals surface area contributed by atoms with Crippen LogP contribution in [0.5, 0.6) is 0 Å². The van der Waals surface area contributed by atoms with Gasteiger partial charge in [0.15, 0.2) is 0 Å². The summed E-state index contributed by atoms with van der Waals surface area (Å²) < 4.78 is 0. The van der Waals surface area contributed by atoms with Crippen molar-refractivity contribution < 1.29 is 0 Å². The largest absolute Gasteiger partial charge is 0.330 e. The molecule has 2 heteroatoms. The minimum Gasteiger partial charge on any atom is -0.330 e. The van der Waals surface area contributed by atoms with Gasteiger partial charge in [-0.15, -0.1) is 0 Å². The molecule has 0 spiro atoms. The van der Waals surface area contributed by atoms with E-state index in [1.165, 1.54) is 11.1 Å². The van der Waals surface area contributed by atoms with Gasteiger partial charge in [0.25, 0.3) is 0 Å². The Balaban J connectivity index is 2.07. The Morgan fingerprint density at radius 3 is 2.28 bits per heavy atom. The third-order valence-corrected chi connectivity index (χ3v) is 3.47. The molecule has 0 radical (unpaired) electrons. The van der Waals surface area contributed by atoms with E-state index in [9.17, 15) is 0 Å². The highest BCUT2D eigenvalue weighted by molar-refractivity contribution is 5.22. The lowest BCUT2D eigenvalue weighted by molar-refractivity contribution is 0.564. The number of hydrogen-bond acceptors (Lipinski definition) is 2. The van der Waals surface area contributed by atoms with Crippen molar-refractivity contribution in [1.82, 2.24) is 4.98 Å². The maximum Gasteiger partial charge on any atom is 0.0270 e. The Morgan fingerprint density at radius 1 is 1.00 bits per heavy atom. The van der Waals surface area contributed by atoms with Gasteiger partial charge < -0.3 is 5.73 Å². The van der Waals surface area contributed by atoms with Gasteiger partial charge in [-0.1, -0.05) is 37.3 Å². The predicted octanol–water partition coefficient (Wildman–Crippen LogP) is 3.32. The molecule has 0 amide bonds. The first-order valence-corrected chi connectivity index (χ1v) is 6.46. The van der Waals surface area contributed by atoms with Crippen LogP contribution in [-0.2, 0) is 0 Å². The number of hydrogen-bond donors (Lipinski definition) is 1. The monoisotopic (exact) mass is 240 g/mol. The van der Waals surface area contributed by atoms with E-state index in [0.29, 0.717) is 18.4 Å². The summed E-state index contributed by atoms with van der Waals surface area (Å²) in [6.45, 7) is 2.94. The molecule has 1 heterocycles. The molecule has 2 aromatic rings. The van der Waals surface area contributed by atoms with Gasteiger partial charge in [0, 0.05) is 12.4 Å². The van der Waals surface area contributed by atoms with Crippen LogP contribution in [0.25, 0.3) is 0 Å². The highest BCUT2D eigenvalue weighted by Gasteiger charge is 2.14. The Labute approximate surface area is 109 Å². The molecular weight excluding hydrogens is 220 g/mol. The maximum atomic E-state index is 5.91. The van der Waals surface area contributed by atoms with E-state index in [4.69, 9.17) is 5.73 Å². The SMILES string of the molecule is CC(CC(CN)c1ccncc1)c1ccccc1. The predicted molar refractivity (Wildman–Crippen MR) is 75.5 cm³/mol. The normalized spacial score (nSPS) is 14.1. The van der Waals surface area contributed by atoms with E-state index in [1.807, 2.05) is 12.4 Å². The van der Waals surface area contributed by atoms with Gasteiger partial charge in [-0.25, -0.2) is 0 Å². The lowest BCUT2D eigenvalue weighted by Gasteiger charge is -2.20. The van der Waals surface area contributed by atoms with Crippen molar-refractivity contribution in [3.63, 3.8) is 0 Å². The van der Waals surface area contributed by atoms with E-state index in [2.05, 4.69) is 54.4 Å². The van der Waals surface area contributed by atoms with Gasteiger partial charge in [0.05, 0.1) is 0 Å². The van der Waals surface area contributed by atoms with E-state index in [1.54, 1.807) is 0 Å². The minimum atomic E-state index is 0.406. The van der Waals surface area contributed by atoms with Crippen molar-refractivity contribution in [2.24, 2.45) is 5.73 Å². The number of nitrogens with two attached hydrogens (primary N) is 1. The fourth-order valence-corrected chi connectivity index (χ4v) is 2.35. The molecule has 2 rings (SSSR count). The third-order valence-electron chi connectivity index (χ3n) is 3.47. The van der Waals surface area contributed by atoms with E-state index >= 15 is 0 Å². The molecule has 0 saturated carbocycles. The number of benzene rings is 1. The van der Waals surface area contributed by atoms with Gasteiger partial charge in [0.1, 0.15) is 0 Å². The first kappa shape index (κ1) is 12.8. The molecule has 0 saturated heterocycles. The number of pyridine rings is 1. The molecule has 2 atom stereocenters. The quantitative estimate of drug-likeness (QED) is 0.870. The third kappa shape index (κ3) is 3.17. The molecule has 2 unspecified atom stereocenters. The van der Waals surface area contributed by atoms with E-state index < -0.39 is 0 Å². The van der Waals surface area contributed by atoms with Gasteiger partial charge in [0.2, 0.25) is 0 Å². The summed E-state index contributed by atoms with van der Waals surface area (Å²) in [6, 6.07) is 14.7. The lowest BCUT2D eigenvalue weighted by atomic mass is 9.86. The average Bonchev–Trinajstić information content (AvgIpc) is 2.46. The molecular formula is C16H20N2. The molecule has 0 aliphatic rings. The fourth-order valence-electron chi connectivity index (χ4n) is 2.35. The molecule has 0 aliphatic heterocycles. The van der Waals surface area contributed by atoms with Crippen LogP contribution >= 0.6 is 0 Å². The summed E-state index contributed by atoms with van der Waals surface area (Å²) in [4.78, 5) is 4.06. The van der Waals surface area contributed by atoms with Gasteiger partial charge in [-0.05, 0) is 48.1 Å². The Morgan fingerprint density at radius 2 is 1.67 bits per heavy atom. The smallest absolute Gasteiger partial charge is 0.0270 e. The molecule has 18 heavy (non-hydrogen) atoms. The summed E-state index contributed by atoms with van der Waals surface area (Å²) in [5, 5.41) is 0. The van der Waals surface area contributed by atoms with Crippen molar-refractivity contribution in [2.45, 2.75) is 25.2 Å². The van der Waals surface area contributed by atoms with Crippen LogP contribution in [-0.4, -0.2) is 11.5 Å². The molecule has 1 aromatic heterocycles. The Kier molecular flexibility index (Phi) is 4.48. The first-order valence-electron chi connectivity index (χ1n) is 6.46. The molecule has 0 fully saturated rings. The fraction of sp³-hybridized carbons (Fsp3) is 0.312. The van der Waals surface area contributed by atoms with Crippen LogP contribution < -0.4 is 5.73 Å². The molecule has 0 aliphatic carbocycles. The molecule has 0 bridgehead atoms. The van der Waals surface area contributed by atoms with E-state index in [0.717, 1.165) is 6.42 Å². The van der Waals surface area contributed by atoms with Gasteiger partial charge in [-0.3, -0.25) is 4.98 Å². The Hall–Kier alpha value is -1.67. The first-order chi connectivity index (χ1) is 8.81. The second kappa shape index (κ2) is 6.31.